The number of halogens is 2. The van der Waals surface area contributed by atoms with E-state index in [1.54, 1.807) is 18.2 Å². The largest absolute Gasteiger partial charge is 0.375 e. The molecule has 1 aliphatic heterocycles. The van der Waals surface area contributed by atoms with E-state index in [0.29, 0.717) is 17.2 Å². The lowest BCUT2D eigenvalue weighted by molar-refractivity contribution is -0.0615. The molecule has 1 unspecified atom stereocenters. The van der Waals surface area contributed by atoms with Crippen LogP contribution in [0.1, 0.15) is 37.0 Å². The van der Waals surface area contributed by atoms with E-state index in [0.717, 1.165) is 17.3 Å². The van der Waals surface area contributed by atoms with Gasteiger partial charge < -0.3 is 10.1 Å². The second-order valence-electron chi connectivity index (χ2n) is 5.40. The van der Waals surface area contributed by atoms with Crippen LogP contribution >= 0.6 is 27.5 Å². The van der Waals surface area contributed by atoms with E-state index < -0.39 is 0 Å². The van der Waals surface area contributed by atoms with Crippen LogP contribution in [-0.4, -0.2) is 24.2 Å². The topological polar surface area (TPSA) is 38.3 Å². The molecule has 1 atom stereocenters. The molecule has 0 spiro atoms. The van der Waals surface area contributed by atoms with E-state index in [4.69, 9.17) is 16.3 Å². The quantitative estimate of drug-likeness (QED) is 0.885. The van der Waals surface area contributed by atoms with Crippen LogP contribution in [-0.2, 0) is 4.74 Å². The molecule has 1 aliphatic rings. The fraction of sp³-hybridized carbons (Fsp3) is 0.500. The normalized spacial score (nSPS) is 22.0. The molecule has 104 valence electrons. The zero-order chi connectivity index (χ0) is 14.0. The van der Waals surface area contributed by atoms with Crippen molar-refractivity contribution in [3.05, 3.63) is 33.3 Å². The summed E-state index contributed by atoms with van der Waals surface area (Å²) >= 11 is 9.30. The van der Waals surface area contributed by atoms with Gasteiger partial charge >= 0.3 is 0 Å². The number of hydrogen-bond donors (Lipinski definition) is 1. The van der Waals surface area contributed by atoms with Gasteiger partial charge in [-0.05, 0) is 60.8 Å². The summed E-state index contributed by atoms with van der Waals surface area (Å²) in [7, 11) is 0. The SMILES string of the molecule is CC1(C)CC(NC(=O)c2cc(Cl)ccc2Br)CCO1. The standard InChI is InChI=1S/C14H17BrClNO2/c1-14(2)8-10(5-6-19-14)17-13(18)11-7-9(16)3-4-12(11)15/h3-4,7,10H,5-6,8H2,1-2H3,(H,17,18). The molecule has 1 aromatic rings. The number of nitrogens with one attached hydrogen (secondary N) is 1. The van der Waals surface area contributed by atoms with E-state index >= 15 is 0 Å². The molecule has 1 fully saturated rings. The first kappa shape index (κ1) is 14.8. The molecule has 2 rings (SSSR count). The third-order valence-corrected chi connectivity index (χ3v) is 4.13. The Morgan fingerprint density at radius 2 is 2.26 bits per heavy atom. The van der Waals surface area contributed by atoms with Crippen molar-refractivity contribution in [2.45, 2.75) is 38.3 Å². The molecule has 0 saturated carbocycles. The number of ether oxygens (including phenoxy) is 1. The molecule has 1 N–H and O–H groups in total. The minimum atomic E-state index is -0.179. The number of hydrogen-bond acceptors (Lipinski definition) is 2. The van der Waals surface area contributed by atoms with Crippen molar-refractivity contribution in [1.29, 1.82) is 0 Å². The van der Waals surface area contributed by atoms with Crippen LogP contribution < -0.4 is 5.32 Å². The number of carbonyl (C=O) groups excluding carboxylic acids is 1. The van der Waals surface area contributed by atoms with Gasteiger partial charge in [0.25, 0.3) is 5.91 Å². The maximum Gasteiger partial charge on any atom is 0.252 e. The number of rotatable bonds is 2. The van der Waals surface area contributed by atoms with Gasteiger partial charge in [-0.25, -0.2) is 0 Å². The molecule has 0 radical (unpaired) electrons. The van der Waals surface area contributed by atoms with Crippen molar-refractivity contribution < 1.29 is 9.53 Å². The summed E-state index contributed by atoms with van der Waals surface area (Å²) in [6.45, 7) is 4.76. The van der Waals surface area contributed by atoms with Gasteiger partial charge in [0.2, 0.25) is 0 Å². The lowest BCUT2D eigenvalue weighted by atomic mass is 9.94. The lowest BCUT2D eigenvalue weighted by Gasteiger charge is -2.35. The number of carbonyl (C=O) groups is 1. The van der Waals surface area contributed by atoms with Crippen LogP contribution in [0.25, 0.3) is 0 Å². The minimum Gasteiger partial charge on any atom is -0.375 e. The Morgan fingerprint density at radius 1 is 1.53 bits per heavy atom. The van der Waals surface area contributed by atoms with Crippen molar-refractivity contribution in [3.8, 4) is 0 Å². The van der Waals surface area contributed by atoms with Crippen LogP contribution in [0.4, 0.5) is 0 Å². The van der Waals surface area contributed by atoms with E-state index in [1.165, 1.54) is 0 Å². The van der Waals surface area contributed by atoms with Gasteiger partial charge in [0.1, 0.15) is 0 Å². The molecule has 19 heavy (non-hydrogen) atoms. The van der Waals surface area contributed by atoms with Crippen molar-refractivity contribution in [3.63, 3.8) is 0 Å². The zero-order valence-corrected chi connectivity index (χ0v) is 13.3. The summed E-state index contributed by atoms with van der Waals surface area (Å²) in [6.07, 6.45) is 1.66. The van der Waals surface area contributed by atoms with Crippen LogP contribution in [0.5, 0.6) is 0 Å². The highest BCUT2D eigenvalue weighted by molar-refractivity contribution is 9.10. The van der Waals surface area contributed by atoms with Crippen LogP contribution in [0.3, 0.4) is 0 Å². The Balaban J connectivity index is 2.06. The second kappa shape index (κ2) is 5.81. The van der Waals surface area contributed by atoms with Gasteiger partial charge in [0, 0.05) is 22.1 Å². The molecule has 5 heteroatoms. The maximum atomic E-state index is 12.3. The van der Waals surface area contributed by atoms with Gasteiger partial charge in [-0.2, -0.15) is 0 Å². The van der Waals surface area contributed by atoms with Gasteiger partial charge in [0.05, 0.1) is 11.2 Å². The molecule has 0 bridgehead atoms. The predicted octanol–water partition coefficient (Wildman–Crippen LogP) is 3.79. The average molecular weight is 347 g/mol. The van der Waals surface area contributed by atoms with Gasteiger partial charge in [-0.3, -0.25) is 4.79 Å². The Bertz CT molecular complexity index is 490. The van der Waals surface area contributed by atoms with Gasteiger partial charge in [0.15, 0.2) is 0 Å². The van der Waals surface area contributed by atoms with Crippen LogP contribution in [0.15, 0.2) is 22.7 Å². The molecule has 1 amide bonds. The van der Waals surface area contributed by atoms with Crippen molar-refractivity contribution in [2.75, 3.05) is 6.61 Å². The molecular weight excluding hydrogens is 330 g/mol. The smallest absolute Gasteiger partial charge is 0.252 e. The Morgan fingerprint density at radius 3 is 2.95 bits per heavy atom. The summed E-state index contributed by atoms with van der Waals surface area (Å²) in [6, 6.07) is 5.35. The van der Waals surface area contributed by atoms with Crippen LogP contribution in [0, 0.1) is 0 Å². The maximum absolute atomic E-state index is 12.3. The third-order valence-electron chi connectivity index (χ3n) is 3.21. The monoisotopic (exact) mass is 345 g/mol. The van der Waals surface area contributed by atoms with Gasteiger partial charge in [-0.15, -0.1) is 0 Å². The van der Waals surface area contributed by atoms with Crippen LogP contribution in [0.2, 0.25) is 5.02 Å². The first-order valence-corrected chi connectivity index (χ1v) is 7.44. The Labute approximate surface area is 126 Å². The van der Waals surface area contributed by atoms with E-state index in [1.807, 2.05) is 13.8 Å². The predicted molar refractivity (Wildman–Crippen MR) is 79.7 cm³/mol. The molecule has 1 aromatic carbocycles. The molecular formula is C14H17BrClNO2. The number of benzene rings is 1. The first-order valence-electron chi connectivity index (χ1n) is 6.27. The molecule has 3 nitrogen and oxygen atoms in total. The molecule has 1 saturated heterocycles. The van der Waals surface area contributed by atoms with Gasteiger partial charge in [-0.1, -0.05) is 11.6 Å². The first-order chi connectivity index (χ1) is 8.87. The fourth-order valence-electron chi connectivity index (χ4n) is 2.29. The van der Waals surface area contributed by atoms with E-state index in [2.05, 4.69) is 21.2 Å². The summed E-state index contributed by atoms with van der Waals surface area (Å²) in [5, 5.41) is 3.61. The molecule has 0 aromatic heterocycles. The second-order valence-corrected chi connectivity index (χ2v) is 6.69. The van der Waals surface area contributed by atoms with E-state index in [-0.39, 0.29) is 17.6 Å². The Hall–Kier alpha value is -0.580. The molecule has 1 heterocycles. The third kappa shape index (κ3) is 3.94. The summed E-state index contributed by atoms with van der Waals surface area (Å²) in [5.74, 6) is -0.0999. The molecule has 0 aliphatic carbocycles. The minimum absolute atomic E-state index is 0.0999. The summed E-state index contributed by atoms with van der Waals surface area (Å²) < 4.78 is 6.39. The highest BCUT2D eigenvalue weighted by atomic mass is 79.9. The number of amides is 1. The fourth-order valence-corrected chi connectivity index (χ4v) is 2.89. The average Bonchev–Trinajstić information content (AvgIpc) is 2.31. The zero-order valence-electron chi connectivity index (χ0n) is 11.0. The summed E-state index contributed by atoms with van der Waals surface area (Å²) in [5.41, 5.74) is 0.388. The van der Waals surface area contributed by atoms with Crippen molar-refractivity contribution in [2.24, 2.45) is 0 Å². The lowest BCUT2D eigenvalue weighted by Crippen LogP contribution is -2.45. The highest BCUT2D eigenvalue weighted by Crippen LogP contribution is 2.25. The van der Waals surface area contributed by atoms with Crippen molar-refractivity contribution in [1.82, 2.24) is 5.32 Å². The van der Waals surface area contributed by atoms with E-state index in [9.17, 15) is 4.79 Å². The highest BCUT2D eigenvalue weighted by Gasteiger charge is 2.30. The van der Waals surface area contributed by atoms with Crippen molar-refractivity contribution >= 4 is 33.4 Å². The summed E-state index contributed by atoms with van der Waals surface area (Å²) in [4.78, 5) is 12.3. The Kier molecular flexibility index (Phi) is 4.54.